The van der Waals surface area contributed by atoms with Gasteiger partial charge in [-0.05, 0) is 25.8 Å². The number of likely N-dealkylation sites (tertiary alicyclic amines) is 1. The first kappa shape index (κ1) is 14.5. The van der Waals surface area contributed by atoms with E-state index in [2.05, 4.69) is 26.9 Å². The molecular formula is C15H25N5O. The Morgan fingerprint density at radius 3 is 2.90 bits per heavy atom. The van der Waals surface area contributed by atoms with E-state index < -0.39 is 0 Å². The van der Waals surface area contributed by atoms with E-state index in [0.717, 1.165) is 32.6 Å². The average molecular weight is 291 g/mol. The predicted octanol–water partition coefficient (Wildman–Crippen LogP) is 1.00. The van der Waals surface area contributed by atoms with Gasteiger partial charge in [0.1, 0.15) is 12.7 Å². The third kappa shape index (κ3) is 3.61. The average Bonchev–Trinajstić information content (AvgIpc) is 3.18. The molecule has 1 aromatic rings. The summed E-state index contributed by atoms with van der Waals surface area (Å²) in [6.07, 6.45) is 9.03. The number of nitrogens with zero attached hydrogens (tertiary/aromatic N) is 5. The first-order chi connectivity index (χ1) is 10.2. The molecule has 1 saturated carbocycles. The highest BCUT2D eigenvalue weighted by Gasteiger charge is 2.35. The summed E-state index contributed by atoms with van der Waals surface area (Å²) in [5, 5.41) is 4.11. The van der Waals surface area contributed by atoms with Gasteiger partial charge >= 0.3 is 0 Å². The molecule has 0 unspecified atom stereocenters. The van der Waals surface area contributed by atoms with Crippen molar-refractivity contribution in [3.63, 3.8) is 0 Å². The molecule has 6 nitrogen and oxygen atoms in total. The van der Waals surface area contributed by atoms with Crippen molar-refractivity contribution >= 4 is 5.91 Å². The number of hydrogen-bond donors (Lipinski definition) is 0. The molecule has 1 aromatic heterocycles. The number of aromatic nitrogens is 3. The topological polar surface area (TPSA) is 54.3 Å². The van der Waals surface area contributed by atoms with E-state index in [0.29, 0.717) is 17.9 Å². The number of amides is 1. The Kier molecular flexibility index (Phi) is 4.53. The quantitative estimate of drug-likeness (QED) is 0.784. The zero-order valence-corrected chi connectivity index (χ0v) is 12.8. The molecule has 3 rings (SSSR count). The molecule has 1 atom stereocenters. The summed E-state index contributed by atoms with van der Waals surface area (Å²) >= 11 is 0. The van der Waals surface area contributed by atoms with Crippen LogP contribution in [0.1, 0.15) is 32.1 Å². The first-order valence-electron chi connectivity index (χ1n) is 8.03. The summed E-state index contributed by atoms with van der Waals surface area (Å²) in [5.74, 6) is 0.857. The van der Waals surface area contributed by atoms with E-state index in [1.54, 1.807) is 12.7 Å². The van der Waals surface area contributed by atoms with E-state index in [9.17, 15) is 4.79 Å². The van der Waals surface area contributed by atoms with Gasteiger partial charge in [0.2, 0.25) is 5.91 Å². The van der Waals surface area contributed by atoms with E-state index >= 15 is 0 Å². The van der Waals surface area contributed by atoms with E-state index in [1.807, 2.05) is 4.68 Å². The number of likely N-dealkylation sites (N-methyl/N-ethyl adjacent to an activating group) is 1. The van der Waals surface area contributed by atoms with Crippen LogP contribution in [0.5, 0.6) is 0 Å². The van der Waals surface area contributed by atoms with E-state index in [1.165, 1.54) is 25.7 Å². The fourth-order valence-electron chi connectivity index (χ4n) is 3.65. The molecule has 116 valence electrons. The fourth-order valence-corrected chi connectivity index (χ4v) is 3.65. The molecule has 0 spiro atoms. The maximum Gasteiger partial charge on any atom is 0.223 e. The second-order valence-electron chi connectivity index (χ2n) is 6.48. The summed E-state index contributed by atoms with van der Waals surface area (Å²) in [6.45, 7) is 3.74. The molecule has 1 aliphatic heterocycles. The zero-order chi connectivity index (χ0) is 14.7. The van der Waals surface area contributed by atoms with Gasteiger partial charge in [-0.2, -0.15) is 5.10 Å². The van der Waals surface area contributed by atoms with E-state index in [-0.39, 0.29) is 0 Å². The number of carbonyl (C=O) groups is 1. The SMILES string of the molecule is CN(CCn1cncn1)C[C@@H]1CC(=O)N(C2CCCC2)C1. The zero-order valence-electron chi connectivity index (χ0n) is 12.8. The largest absolute Gasteiger partial charge is 0.339 e. The van der Waals surface area contributed by atoms with Gasteiger partial charge in [-0.1, -0.05) is 12.8 Å². The van der Waals surface area contributed by atoms with Crippen LogP contribution < -0.4 is 0 Å². The number of hydrogen-bond acceptors (Lipinski definition) is 4. The summed E-state index contributed by atoms with van der Waals surface area (Å²) < 4.78 is 1.85. The summed E-state index contributed by atoms with van der Waals surface area (Å²) in [7, 11) is 2.12. The molecule has 2 aliphatic rings. The predicted molar refractivity (Wildman–Crippen MR) is 79.6 cm³/mol. The van der Waals surface area contributed by atoms with Crippen molar-refractivity contribution < 1.29 is 4.79 Å². The first-order valence-corrected chi connectivity index (χ1v) is 8.03. The Bertz CT molecular complexity index is 455. The van der Waals surface area contributed by atoms with Crippen LogP contribution in [-0.4, -0.2) is 63.2 Å². The van der Waals surface area contributed by atoms with E-state index in [4.69, 9.17) is 0 Å². The minimum atomic E-state index is 0.372. The van der Waals surface area contributed by atoms with Crippen LogP contribution in [-0.2, 0) is 11.3 Å². The number of rotatable bonds is 6. The lowest BCUT2D eigenvalue weighted by Crippen LogP contribution is -2.35. The molecule has 2 heterocycles. The van der Waals surface area contributed by atoms with Gasteiger partial charge in [0, 0.05) is 32.1 Å². The Morgan fingerprint density at radius 2 is 2.19 bits per heavy atom. The maximum atomic E-state index is 12.2. The molecule has 2 fully saturated rings. The third-order valence-corrected chi connectivity index (χ3v) is 4.75. The van der Waals surface area contributed by atoms with Gasteiger partial charge in [-0.15, -0.1) is 0 Å². The summed E-state index contributed by atoms with van der Waals surface area (Å²) in [5.41, 5.74) is 0. The molecule has 0 radical (unpaired) electrons. The van der Waals surface area contributed by atoms with Crippen molar-refractivity contribution in [2.24, 2.45) is 5.92 Å². The van der Waals surface area contributed by atoms with Gasteiger partial charge in [0.15, 0.2) is 0 Å². The molecule has 1 aliphatic carbocycles. The Balaban J connectivity index is 1.43. The van der Waals surface area contributed by atoms with Gasteiger partial charge in [0.25, 0.3) is 0 Å². The lowest BCUT2D eigenvalue weighted by molar-refractivity contribution is -0.129. The molecule has 1 saturated heterocycles. The molecule has 0 N–H and O–H groups in total. The minimum Gasteiger partial charge on any atom is -0.339 e. The Labute approximate surface area is 126 Å². The van der Waals surface area contributed by atoms with Crippen LogP contribution in [0.4, 0.5) is 0 Å². The normalized spacial score (nSPS) is 23.6. The van der Waals surface area contributed by atoms with Crippen molar-refractivity contribution in [3.05, 3.63) is 12.7 Å². The van der Waals surface area contributed by atoms with Gasteiger partial charge in [-0.3, -0.25) is 9.48 Å². The van der Waals surface area contributed by atoms with Crippen molar-refractivity contribution in [2.45, 2.75) is 44.7 Å². The van der Waals surface area contributed by atoms with Crippen molar-refractivity contribution in [1.82, 2.24) is 24.6 Å². The van der Waals surface area contributed by atoms with Crippen molar-refractivity contribution in [2.75, 3.05) is 26.7 Å². The monoisotopic (exact) mass is 291 g/mol. The molecule has 21 heavy (non-hydrogen) atoms. The maximum absolute atomic E-state index is 12.2. The highest BCUT2D eigenvalue weighted by atomic mass is 16.2. The highest BCUT2D eigenvalue weighted by molar-refractivity contribution is 5.79. The lowest BCUT2D eigenvalue weighted by Gasteiger charge is -2.25. The van der Waals surface area contributed by atoms with Gasteiger partial charge in [-0.25, -0.2) is 4.98 Å². The van der Waals surface area contributed by atoms with Crippen LogP contribution in [0.2, 0.25) is 0 Å². The third-order valence-electron chi connectivity index (χ3n) is 4.75. The smallest absolute Gasteiger partial charge is 0.223 e. The van der Waals surface area contributed by atoms with Crippen LogP contribution in [0.3, 0.4) is 0 Å². The minimum absolute atomic E-state index is 0.372. The summed E-state index contributed by atoms with van der Waals surface area (Å²) in [6, 6.07) is 0.531. The molecule has 6 heteroatoms. The Hall–Kier alpha value is -1.43. The second-order valence-corrected chi connectivity index (χ2v) is 6.48. The standard InChI is InChI=1S/C15H25N5O/c1-18(6-7-19-12-16-11-17-19)9-13-8-15(21)20(10-13)14-4-2-3-5-14/h11-14H,2-10H2,1H3/t13-/m0/s1. The molecule has 0 bridgehead atoms. The lowest BCUT2D eigenvalue weighted by atomic mass is 10.1. The molecular weight excluding hydrogens is 266 g/mol. The van der Waals surface area contributed by atoms with Gasteiger partial charge < -0.3 is 9.80 Å². The molecule has 0 aromatic carbocycles. The Morgan fingerprint density at radius 1 is 1.38 bits per heavy atom. The van der Waals surface area contributed by atoms with Crippen molar-refractivity contribution in [3.8, 4) is 0 Å². The fraction of sp³-hybridized carbons (Fsp3) is 0.800. The van der Waals surface area contributed by atoms with Crippen LogP contribution in [0.25, 0.3) is 0 Å². The molecule has 1 amide bonds. The number of carbonyl (C=O) groups excluding carboxylic acids is 1. The van der Waals surface area contributed by atoms with Crippen LogP contribution >= 0.6 is 0 Å². The van der Waals surface area contributed by atoms with Crippen LogP contribution in [0.15, 0.2) is 12.7 Å². The van der Waals surface area contributed by atoms with Crippen molar-refractivity contribution in [1.29, 1.82) is 0 Å². The summed E-state index contributed by atoms with van der Waals surface area (Å²) in [4.78, 5) is 20.6. The van der Waals surface area contributed by atoms with Gasteiger partial charge in [0.05, 0.1) is 6.54 Å². The van der Waals surface area contributed by atoms with Crippen LogP contribution in [0, 0.1) is 5.92 Å². The second kappa shape index (κ2) is 6.56. The highest BCUT2D eigenvalue weighted by Crippen LogP contribution is 2.29.